The first kappa shape index (κ1) is 22.3. The molecule has 0 atom stereocenters. The van der Waals surface area contributed by atoms with E-state index in [0.717, 1.165) is 25.1 Å². The number of ether oxygens (including phenoxy) is 1. The molecule has 2 rings (SSSR count). The molecule has 1 saturated heterocycles. The number of nitrogens with zero attached hydrogens (tertiary/aromatic N) is 2. The third kappa shape index (κ3) is 6.84. The highest BCUT2D eigenvalue weighted by molar-refractivity contribution is 5.85. The standard InChI is InChI=1S/C19H29N3O3.ClH/c1-20-11-14-21(2)19(24)16-8-12-22(13-9-16)18(23)10-15-25-17-6-4-3-5-7-17;/h3-7,16,20H,8-15H2,1-2H3;1H. The Balaban J connectivity index is 0.00000338. The number of amides is 2. The van der Waals surface area contributed by atoms with Gasteiger partial charge in [-0.3, -0.25) is 9.59 Å². The molecule has 1 N–H and O–H groups in total. The fraction of sp³-hybridized carbons (Fsp3) is 0.579. The minimum atomic E-state index is 0. The monoisotopic (exact) mass is 383 g/mol. The normalized spacial score (nSPS) is 14.5. The Kier molecular flexibility index (Phi) is 10.1. The van der Waals surface area contributed by atoms with Crippen molar-refractivity contribution in [2.45, 2.75) is 19.3 Å². The molecule has 6 nitrogen and oxygen atoms in total. The van der Waals surface area contributed by atoms with Crippen LogP contribution in [-0.4, -0.2) is 68.5 Å². The van der Waals surface area contributed by atoms with E-state index in [4.69, 9.17) is 4.74 Å². The summed E-state index contributed by atoms with van der Waals surface area (Å²) in [5.74, 6) is 1.11. The summed E-state index contributed by atoms with van der Waals surface area (Å²) in [6.07, 6.45) is 1.86. The van der Waals surface area contributed by atoms with Gasteiger partial charge in [-0.05, 0) is 32.0 Å². The Morgan fingerprint density at radius 2 is 1.88 bits per heavy atom. The molecule has 1 aromatic rings. The van der Waals surface area contributed by atoms with Crippen molar-refractivity contribution in [1.29, 1.82) is 0 Å². The summed E-state index contributed by atoms with van der Waals surface area (Å²) >= 11 is 0. The van der Waals surface area contributed by atoms with Crippen LogP contribution < -0.4 is 10.1 Å². The lowest BCUT2D eigenvalue weighted by Crippen LogP contribution is -2.44. The highest BCUT2D eigenvalue weighted by atomic mass is 35.5. The second-order valence-corrected chi connectivity index (χ2v) is 6.43. The number of carbonyl (C=O) groups excluding carboxylic acids is 2. The van der Waals surface area contributed by atoms with E-state index < -0.39 is 0 Å². The van der Waals surface area contributed by atoms with Crippen LogP contribution in [0.25, 0.3) is 0 Å². The molecule has 0 bridgehead atoms. The molecule has 1 aromatic carbocycles. The summed E-state index contributed by atoms with van der Waals surface area (Å²) in [6.45, 7) is 3.20. The zero-order valence-corrected chi connectivity index (χ0v) is 16.5. The van der Waals surface area contributed by atoms with Crippen LogP contribution in [-0.2, 0) is 9.59 Å². The highest BCUT2D eigenvalue weighted by Gasteiger charge is 2.28. The van der Waals surface area contributed by atoms with Crippen molar-refractivity contribution in [3.05, 3.63) is 30.3 Å². The van der Waals surface area contributed by atoms with Crippen molar-refractivity contribution in [3.8, 4) is 5.75 Å². The van der Waals surface area contributed by atoms with E-state index in [2.05, 4.69) is 5.32 Å². The molecule has 146 valence electrons. The number of likely N-dealkylation sites (tertiary alicyclic amines) is 1. The number of carbonyl (C=O) groups is 2. The minimum Gasteiger partial charge on any atom is -0.493 e. The molecule has 1 aliphatic heterocycles. The molecule has 0 unspecified atom stereocenters. The largest absolute Gasteiger partial charge is 0.493 e. The van der Waals surface area contributed by atoms with Gasteiger partial charge in [0.25, 0.3) is 0 Å². The molecule has 7 heteroatoms. The Labute approximate surface area is 162 Å². The summed E-state index contributed by atoms with van der Waals surface area (Å²) < 4.78 is 5.58. The van der Waals surface area contributed by atoms with Gasteiger partial charge in [0.15, 0.2) is 0 Å². The van der Waals surface area contributed by atoms with Gasteiger partial charge in [-0.2, -0.15) is 0 Å². The maximum Gasteiger partial charge on any atom is 0.225 e. The third-order valence-electron chi connectivity index (χ3n) is 4.60. The van der Waals surface area contributed by atoms with Crippen molar-refractivity contribution in [3.63, 3.8) is 0 Å². The van der Waals surface area contributed by atoms with Crippen LogP contribution in [0.3, 0.4) is 0 Å². The van der Waals surface area contributed by atoms with Gasteiger partial charge in [0.05, 0.1) is 13.0 Å². The molecular formula is C19H30ClN3O3. The Hall–Kier alpha value is -1.79. The number of para-hydroxylation sites is 1. The van der Waals surface area contributed by atoms with Crippen molar-refractivity contribution in [1.82, 2.24) is 15.1 Å². The van der Waals surface area contributed by atoms with E-state index in [1.165, 1.54) is 0 Å². The number of halogens is 1. The third-order valence-corrected chi connectivity index (χ3v) is 4.60. The van der Waals surface area contributed by atoms with Gasteiger partial charge in [-0.1, -0.05) is 18.2 Å². The predicted octanol–water partition coefficient (Wildman–Crippen LogP) is 1.79. The smallest absolute Gasteiger partial charge is 0.225 e. The van der Waals surface area contributed by atoms with Gasteiger partial charge in [-0.15, -0.1) is 12.4 Å². The quantitative estimate of drug-likeness (QED) is 0.743. The average molecular weight is 384 g/mol. The molecular weight excluding hydrogens is 354 g/mol. The van der Waals surface area contributed by atoms with E-state index in [0.29, 0.717) is 32.7 Å². The van der Waals surface area contributed by atoms with Crippen molar-refractivity contribution < 1.29 is 14.3 Å². The van der Waals surface area contributed by atoms with Gasteiger partial charge in [0.2, 0.25) is 11.8 Å². The summed E-state index contributed by atoms with van der Waals surface area (Å²) in [6, 6.07) is 9.51. The van der Waals surface area contributed by atoms with Gasteiger partial charge in [0.1, 0.15) is 5.75 Å². The second-order valence-electron chi connectivity index (χ2n) is 6.43. The molecule has 0 spiro atoms. The number of nitrogens with one attached hydrogen (secondary N) is 1. The molecule has 0 radical (unpaired) electrons. The maximum absolute atomic E-state index is 12.4. The second kappa shape index (κ2) is 11.8. The van der Waals surface area contributed by atoms with Gasteiger partial charge in [-0.25, -0.2) is 0 Å². The first-order valence-electron chi connectivity index (χ1n) is 8.97. The fourth-order valence-electron chi connectivity index (χ4n) is 3.01. The first-order valence-corrected chi connectivity index (χ1v) is 8.97. The molecule has 1 fully saturated rings. The predicted molar refractivity (Wildman–Crippen MR) is 105 cm³/mol. The van der Waals surface area contributed by atoms with Crippen LogP contribution in [0.15, 0.2) is 30.3 Å². The van der Waals surface area contributed by atoms with E-state index in [1.807, 2.05) is 49.3 Å². The Morgan fingerprint density at radius 1 is 1.23 bits per heavy atom. The lowest BCUT2D eigenvalue weighted by atomic mass is 9.95. The van der Waals surface area contributed by atoms with Gasteiger partial charge in [0, 0.05) is 39.1 Å². The van der Waals surface area contributed by atoms with Crippen LogP contribution >= 0.6 is 12.4 Å². The minimum absolute atomic E-state index is 0. The number of benzene rings is 1. The number of piperidine rings is 1. The van der Waals surface area contributed by atoms with E-state index >= 15 is 0 Å². The highest BCUT2D eigenvalue weighted by Crippen LogP contribution is 2.20. The Morgan fingerprint density at radius 3 is 2.50 bits per heavy atom. The average Bonchev–Trinajstić information content (AvgIpc) is 2.66. The molecule has 2 amide bonds. The number of hydrogen-bond donors (Lipinski definition) is 1. The zero-order valence-electron chi connectivity index (χ0n) is 15.6. The van der Waals surface area contributed by atoms with Crippen molar-refractivity contribution >= 4 is 24.2 Å². The topological polar surface area (TPSA) is 61.9 Å². The molecule has 0 saturated carbocycles. The van der Waals surface area contributed by atoms with Crippen LogP contribution in [0.1, 0.15) is 19.3 Å². The summed E-state index contributed by atoms with van der Waals surface area (Å²) in [5.41, 5.74) is 0. The first-order chi connectivity index (χ1) is 12.1. The van der Waals surface area contributed by atoms with E-state index in [1.54, 1.807) is 4.90 Å². The van der Waals surface area contributed by atoms with E-state index in [-0.39, 0.29) is 30.1 Å². The number of hydrogen-bond acceptors (Lipinski definition) is 4. The van der Waals surface area contributed by atoms with Gasteiger partial charge < -0.3 is 19.9 Å². The fourth-order valence-corrected chi connectivity index (χ4v) is 3.01. The summed E-state index contributed by atoms with van der Waals surface area (Å²) in [5, 5.41) is 3.05. The van der Waals surface area contributed by atoms with Crippen LogP contribution in [0.5, 0.6) is 5.75 Å². The lowest BCUT2D eigenvalue weighted by molar-refractivity contribution is -0.140. The molecule has 1 heterocycles. The summed E-state index contributed by atoms with van der Waals surface area (Å²) in [7, 11) is 3.72. The molecule has 0 aromatic heterocycles. The van der Waals surface area contributed by atoms with Crippen molar-refractivity contribution in [2.75, 3.05) is 46.9 Å². The SMILES string of the molecule is CNCCN(C)C(=O)C1CCN(C(=O)CCOc2ccccc2)CC1.Cl. The Bertz CT molecular complexity index is 548. The molecule has 1 aliphatic rings. The molecule has 0 aliphatic carbocycles. The van der Waals surface area contributed by atoms with Gasteiger partial charge >= 0.3 is 0 Å². The summed E-state index contributed by atoms with van der Waals surface area (Å²) in [4.78, 5) is 28.3. The van der Waals surface area contributed by atoms with Crippen LogP contribution in [0.4, 0.5) is 0 Å². The van der Waals surface area contributed by atoms with Crippen LogP contribution in [0, 0.1) is 5.92 Å². The van der Waals surface area contributed by atoms with Crippen molar-refractivity contribution in [2.24, 2.45) is 5.92 Å². The molecule has 26 heavy (non-hydrogen) atoms. The number of likely N-dealkylation sites (N-methyl/N-ethyl adjacent to an activating group) is 2. The maximum atomic E-state index is 12.4. The number of rotatable bonds is 8. The van der Waals surface area contributed by atoms with Crippen LogP contribution in [0.2, 0.25) is 0 Å². The lowest BCUT2D eigenvalue weighted by Gasteiger charge is -2.33. The zero-order chi connectivity index (χ0) is 18.1. The van der Waals surface area contributed by atoms with E-state index in [9.17, 15) is 9.59 Å².